The fourth-order valence-corrected chi connectivity index (χ4v) is 3.43. The van der Waals surface area contributed by atoms with Crippen LogP contribution >= 0.6 is 43.5 Å². The lowest BCUT2D eigenvalue weighted by Gasteiger charge is -2.11. The Bertz CT molecular complexity index is 668. The van der Waals surface area contributed by atoms with E-state index in [1.54, 1.807) is 0 Å². The Labute approximate surface area is 138 Å². The Morgan fingerprint density at radius 1 is 1.30 bits per heavy atom. The van der Waals surface area contributed by atoms with Crippen molar-refractivity contribution in [2.75, 3.05) is 11.1 Å². The Morgan fingerprint density at radius 3 is 2.50 bits per heavy atom. The number of amides is 1. The summed E-state index contributed by atoms with van der Waals surface area (Å²) in [6, 6.07) is 5.29. The van der Waals surface area contributed by atoms with Gasteiger partial charge in [0.25, 0.3) is 5.91 Å². The number of nitrogens with two attached hydrogens (primary N) is 1. The molecule has 0 spiro atoms. The van der Waals surface area contributed by atoms with Gasteiger partial charge in [-0.15, -0.1) is 0 Å². The molecule has 1 amide bonds. The van der Waals surface area contributed by atoms with Gasteiger partial charge >= 0.3 is 0 Å². The molecule has 0 fully saturated rings. The van der Waals surface area contributed by atoms with Gasteiger partial charge in [0.1, 0.15) is 5.15 Å². The van der Waals surface area contributed by atoms with E-state index in [4.69, 9.17) is 17.3 Å². The average Bonchev–Trinajstić information content (AvgIpc) is 2.36. The van der Waals surface area contributed by atoms with Crippen LogP contribution in [0.2, 0.25) is 5.15 Å². The van der Waals surface area contributed by atoms with E-state index in [0.717, 1.165) is 14.5 Å². The topological polar surface area (TPSA) is 68.0 Å². The van der Waals surface area contributed by atoms with E-state index < -0.39 is 0 Å². The summed E-state index contributed by atoms with van der Waals surface area (Å²) in [6.45, 7) is 1.96. The number of rotatable bonds is 2. The number of benzene rings is 1. The minimum absolute atomic E-state index is 0.107. The Balaban J connectivity index is 2.35. The summed E-state index contributed by atoms with van der Waals surface area (Å²) >= 11 is 12.7. The highest BCUT2D eigenvalue weighted by Gasteiger charge is 2.15. The number of aryl methyl sites for hydroxylation is 1. The molecule has 7 heteroatoms. The smallest absolute Gasteiger partial charge is 0.258 e. The van der Waals surface area contributed by atoms with Crippen LogP contribution in [0.15, 0.2) is 33.3 Å². The van der Waals surface area contributed by atoms with Crippen molar-refractivity contribution in [1.29, 1.82) is 0 Å². The molecule has 0 saturated heterocycles. The molecule has 0 radical (unpaired) electrons. The van der Waals surface area contributed by atoms with Crippen LogP contribution in [0.4, 0.5) is 11.4 Å². The first kappa shape index (κ1) is 15.3. The molecule has 4 nitrogen and oxygen atoms in total. The largest absolute Gasteiger partial charge is 0.397 e. The maximum absolute atomic E-state index is 12.2. The molecule has 0 aliphatic rings. The van der Waals surface area contributed by atoms with Gasteiger partial charge in [0.05, 0.1) is 23.1 Å². The summed E-state index contributed by atoms with van der Waals surface area (Å²) in [4.78, 5) is 16.1. The van der Waals surface area contributed by atoms with E-state index in [0.29, 0.717) is 11.4 Å². The van der Waals surface area contributed by atoms with Crippen molar-refractivity contribution < 1.29 is 4.79 Å². The summed E-state index contributed by atoms with van der Waals surface area (Å²) in [5.74, 6) is -0.375. The van der Waals surface area contributed by atoms with Crippen LogP contribution in [0.5, 0.6) is 0 Å². The lowest BCUT2D eigenvalue weighted by molar-refractivity contribution is 0.102. The molecule has 2 aromatic rings. The second-order valence-corrected chi connectivity index (χ2v) is 6.23. The maximum Gasteiger partial charge on any atom is 0.258 e. The van der Waals surface area contributed by atoms with Crippen molar-refractivity contribution >= 4 is 60.7 Å². The Kier molecular flexibility index (Phi) is 4.67. The maximum atomic E-state index is 12.2. The predicted molar refractivity (Wildman–Crippen MR) is 88.2 cm³/mol. The molecule has 104 valence electrons. The third kappa shape index (κ3) is 3.31. The van der Waals surface area contributed by atoms with E-state index >= 15 is 0 Å². The normalized spacial score (nSPS) is 10.4. The molecule has 0 aliphatic carbocycles. The van der Waals surface area contributed by atoms with E-state index in [9.17, 15) is 4.79 Å². The number of aromatic nitrogens is 1. The van der Waals surface area contributed by atoms with Gasteiger partial charge in [-0.1, -0.05) is 11.6 Å². The number of nitrogen functional groups attached to an aromatic ring is 1. The molecule has 0 atom stereocenters. The zero-order valence-electron chi connectivity index (χ0n) is 10.4. The molecular formula is C13H10Br2ClN3O. The van der Waals surface area contributed by atoms with Crippen LogP contribution in [-0.4, -0.2) is 10.9 Å². The van der Waals surface area contributed by atoms with E-state index in [1.165, 1.54) is 12.3 Å². The molecule has 20 heavy (non-hydrogen) atoms. The summed E-state index contributed by atoms with van der Waals surface area (Å²) in [5.41, 5.74) is 7.91. The van der Waals surface area contributed by atoms with Crippen LogP contribution in [0, 0.1) is 6.92 Å². The van der Waals surface area contributed by atoms with E-state index in [1.807, 2.05) is 19.1 Å². The number of pyridine rings is 1. The van der Waals surface area contributed by atoms with Crippen LogP contribution in [0.3, 0.4) is 0 Å². The van der Waals surface area contributed by atoms with Crippen molar-refractivity contribution in [2.24, 2.45) is 0 Å². The van der Waals surface area contributed by atoms with Crippen molar-refractivity contribution in [3.63, 3.8) is 0 Å². The number of nitrogens with zero attached hydrogens (tertiary/aromatic N) is 1. The van der Waals surface area contributed by atoms with Crippen LogP contribution in [-0.2, 0) is 0 Å². The summed E-state index contributed by atoms with van der Waals surface area (Å²) < 4.78 is 1.54. The monoisotopic (exact) mass is 417 g/mol. The molecule has 1 aromatic carbocycles. The molecule has 3 N–H and O–H groups in total. The molecule has 0 saturated carbocycles. The third-order valence-electron chi connectivity index (χ3n) is 2.53. The van der Waals surface area contributed by atoms with Crippen molar-refractivity contribution in [3.8, 4) is 0 Å². The van der Waals surface area contributed by atoms with Crippen molar-refractivity contribution in [2.45, 2.75) is 6.92 Å². The molecular weight excluding hydrogens is 409 g/mol. The summed E-state index contributed by atoms with van der Waals surface area (Å²) in [6.07, 6.45) is 1.40. The Morgan fingerprint density at radius 2 is 1.90 bits per heavy atom. The third-order valence-corrected chi connectivity index (χ3v) is 4.08. The number of anilines is 2. The first-order valence-electron chi connectivity index (χ1n) is 5.56. The van der Waals surface area contributed by atoms with Gasteiger partial charge in [0, 0.05) is 8.95 Å². The van der Waals surface area contributed by atoms with Crippen molar-refractivity contribution in [1.82, 2.24) is 4.98 Å². The van der Waals surface area contributed by atoms with Crippen molar-refractivity contribution in [3.05, 3.63) is 49.6 Å². The molecule has 0 unspecified atom stereocenters. The summed E-state index contributed by atoms with van der Waals surface area (Å²) in [7, 11) is 0. The van der Waals surface area contributed by atoms with Gasteiger partial charge in [-0.2, -0.15) is 0 Å². The minimum Gasteiger partial charge on any atom is -0.397 e. The van der Waals surface area contributed by atoms with Gasteiger partial charge in [-0.25, -0.2) is 4.98 Å². The lowest BCUT2D eigenvalue weighted by atomic mass is 10.2. The molecule has 0 bridgehead atoms. The first-order valence-corrected chi connectivity index (χ1v) is 7.53. The molecule has 1 aromatic heterocycles. The average molecular weight is 420 g/mol. The number of hydrogen-bond donors (Lipinski definition) is 2. The van der Waals surface area contributed by atoms with Gasteiger partial charge < -0.3 is 11.1 Å². The molecule has 0 aliphatic heterocycles. The Hall–Kier alpha value is -1.11. The van der Waals surface area contributed by atoms with Gasteiger partial charge in [-0.05, 0) is 62.5 Å². The fourth-order valence-electron chi connectivity index (χ4n) is 1.62. The highest BCUT2D eigenvalue weighted by molar-refractivity contribution is 9.11. The lowest BCUT2D eigenvalue weighted by Crippen LogP contribution is -2.14. The van der Waals surface area contributed by atoms with E-state index in [2.05, 4.69) is 42.2 Å². The number of carbonyl (C=O) groups excluding carboxylic acids is 1. The standard InChI is InChI=1S/C13H10Br2ClN3O/c1-6-2-9(14)11(10(15)3-6)19-13(20)8-4-7(17)5-18-12(8)16/h2-5H,17H2,1H3,(H,19,20). The molecule has 1 heterocycles. The zero-order chi connectivity index (χ0) is 14.9. The highest BCUT2D eigenvalue weighted by atomic mass is 79.9. The van der Waals surface area contributed by atoms with Crippen LogP contribution in [0.1, 0.15) is 15.9 Å². The first-order chi connectivity index (χ1) is 9.38. The number of nitrogens with one attached hydrogen (secondary N) is 1. The van der Waals surface area contributed by atoms with E-state index in [-0.39, 0.29) is 16.6 Å². The van der Waals surface area contributed by atoms with Gasteiger partial charge in [0.2, 0.25) is 0 Å². The minimum atomic E-state index is -0.375. The SMILES string of the molecule is Cc1cc(Br)c(NC(=O)c2cc(N)cnc2Cl)c(Br)c1. The second-order valence-electron chi connectivity index (χ2n) is 4.16. The quantitative estimate of drug-likeness (QED) is 0.709. The highest BCUT2D eigenvalue weighted by Crippen LogP contribution is 2.33. The summed E-state index contributed by atoms with van der Waals surface area (Å²) in [5, 5.41) is 2.88. The fraction of sp³-hybridized carbons (Fsp3) is 0.0769. The zero-order valence-corrected chi connectivity index (χ0v) is 14.3. The van der Waals surface area contributed by atoms with Crippen LogP contribution in [0.25, 0.3) is 0 Å². The molecule has 2 rings (SSSR count). The van der Waals surface area contributed by atoms with Gasteiger partial charge in [-0.3, -0.25) is 4.79 Å². The number of hydrogen-bond acceptors (Lipinski definition) is 3. The number of halogens is 3. The van der Waals surface area contributed by atoms with Crippen LogP contribution < -0.4 is 11.1 Å². The number of carbonyl (C=O) groups is 1. The predicted octanol–water partition coefficient (Wildman–Crippen LogP) is 4.40. The van der Waals surface area contributed by atoms with Gasteiger partial charge in [0.15, 0.2) is 0 Å². The second kappa shape index (κ2) is 6.11.